The lowest BCUT2D eigenvalue weighted by molar-refractivity contribution is -0.0526. The lowest BCUT2D eigenvalue weighted by Crippen LogP contribution is -2.50. The Hall–Kier alpha value is -0.860. The standard InChI is InChI=1S/C20H28O2/c1-12-10-13-4-5-14-15-6-7-18(22)19(15,2)9-8-16(14)20(13,3)11-17(12)21/h4-5,10,14-18,21-22H,1,6-9,11H2,2-3H3/t14-,15-,16-,17-,18-,19-,20-/m0/s1. The topological polar surface area (TPSA) is 40.5 Å². The molecule has 0 amide bonds. The second-order valence-corrected chi connectivity index (χ2v) is 8.60. The Morgan fingerprint density at radius 1 is 1.14 bits per heavy atom. The molecule has 4 aliphatic carbocycles. The van der Waals surface area contributed by atoms with Crippen LogP contribution in [0.5, 0.6) is 0 Å². The predicted molar refractivity (Wildman–Crippen MR) is 88.1 cm³/mol. The molecule has 120 valence electrons. The molecule has 0 aromatic rings. The third-order valence-corrected chi connectivity index (χ3v) is 7.64. The summed E-state index contributed by atoms with van der Waals surface area (Å²) in [5, 5.41) is 20.8. The molecule has 0 aromatic heterocycles. The van der Waals surface area contributed by atoms with Gasteiger partial charge in [0.25, 0.3) is 0 Å². The van der Waals surface area contributed by atoms with Gasteiger partial charge in [-0.25, -0.2) is 0 Å². The summed E-state index contributed by atoms with van der Waals surface area (Å²) in [4.78, 5) is 0. The molecule has 2 saturated carbocycles. The van der Waals surface area contributed by atoms with E-state index < -0.39 is 6.10 Å². The summed E-state index contributed by atoms with van der Waals surface area (Å²) >= 11 is 0. The number of aliphatic hydroxyl groups is 2. The maximum atomic E-state index is 10.5. The van der Waals surface area contributed by atoms with Crippen LogP contribution in [0.2, 0.25) is 0 Å². The molecule has 22 heavy (non-hydrogen) atoms. The monoisotopic (exact) mass is 300 g/mol. The van der Waals surface area contributed by atoms with Crippen LogP contribution in [0.25, 0.3) is 0 Å². The first-order valence-corrected chi connectivity index (χ1v) is 8.81. The number of hydrogen-bond donors (Lipinski definition) is 2. The van der Waals surface area contributed by atoms with Gasteiger partial charge in [-0.2, -0.15) is 0 Å². The van der Waals surface area contributed by atoms with Crippen LogP contribution in [-0.4, -0.2) is 22.4 Å². The highest BCUT2D eigenvalue weighted by Gasteiger charge is 2.58. The van der Waals surface area contributed by atoms with Crippen molar-refractivity contribution < 1.29 is 10.2 Å². The van der Waals surface area contributed by atoms with Crippen molar-refractivity contribution >= 4 is 0 Å². The molecule has 0 heterocycles. The molecule has 2 heteroatoms. The summed E-state index contributed by atoms with van der Waals surface area (Å²) in [6.07, 6.45) is 11.5. The fourth-order valence-electron chi connectivity index (χ4n) is 6.11. The predicted octanol–water partition coefficient (Wildman–Crippen LogP) is 3.61. The first-order chi connectivity index (χ1) is 10.4. The van der Waals surface area contributed by atoms with E-state index in [4.69, 9.17) is 0 Å². The fourth-order valence-corrected chi connectivity index (χ4v) is 6.11. The summed E-state index contributed by atoms with van der Waals surface area (Å²) < 4.78 is 0. The highest BCUT2D eigenvalue weighted by molar-refractivity contribution is 5.43. The van der Waals surface area contributed by atoms with Crippen LogP contribution in [0, 0.1) is 28.6 Å². The van der Waals surface area contributed by atoms with E-state index in [1.165, 1.54) is 5.57 Å². The molecule has 4 aliphatic rings. The molecular weight excluding hydrogens is 272 g/mol. The SMILES string of the molecule is C=C1C=C2C=C[C@H]3[C@@H]4CC[C@H](O)[C@@]4(C)CC[C@@H]3[C@@]2(C)C[C@@H]1O. The summed E-state index contributed by atoms with van der Waals surface area (Å²) in [5.41, 5.74) is 2.37. The summed E-state index contributed by atoms with van der Waals surface area (Å²) in [6, 6.07) is 0. The number of fused-ring (bicyclic) bond motifs is 5. The van der Waals surface area contributed by atoms with E-state index >= 15 is 0 Å². The molecule has 2 nitrogen and oxygen atoms in total. The number of hydrogen-bond acceptors (Lipinski definition) is 2. The minimum absolute atomic E-state index is 0.0644. The fraction of sp³-hybridized carbons (Fsp3) is 0.700. The van der Waals surface area contributed by atoms with Crippen molar-refractivity contribution in [1.29, 1.82) is 0 Å². The van der Waals surface area contributed by atoms with Crippen molar-refractivity contribution in [2.24, 2.45) is 28.6 Å². The van der Waals surface area contributed by atoms with Crippen molar-refractivity contribution in [3.8, 4) is 0 Å². The van der Waals surface area contributed by atoms with Gasteiger partial charge >= 0.3 is 0 Å². The minimum atomic E-state index is -0.400. The highest BCUT2D eigenvalue weighted by Crippen LogP contribution is 2.63. The maximum absolute atomic E-state index is 10.5. The molecule has 0 aromatic carbocycles. The van der Waals surface area contributed by atoms with E-state index in [1.807, 2.05) is 0 Å². The largest absolute Gasteiger partial charge is 0.393 e. The van der Waals surface area contributed by atoms with Crippen LogP contribution < -0.4 is 0 Å². The Kier molecular flexibility index (Phi) is 3.06. The van der Waals surface area contributed by atoms with Gasteiger partial charge in [0.1, 0.15) is 0 Å². The zero-order valence-electron chi connectivity index (χ0n) is 13.8. The number of allylic oxidation sites excluding steroid dienone is 3. The first-order valence-electron chi connectivity index (χ1n) is 8.81. The van der Waals surface area contributed by atoms with E-state index in [0.29, 0.717) is 17.8 Å². The molecule has 0 saturated heterocycles. The van der Waals surface area contributed by atoms with Gasteiger partial charge in [0.05, 0.1) is 12.2 Å². The van der Waals surface area contributed by atoms with Gasteiger partial charge in [0.15, 0.2) is 0 Å². The van der Waals surface area contributed by atoms with Gasteiger partial charge in [-0.05, 0) is 71.8 Å². The molecule has 4 rings (SSSR count). The Bertz CT molecular complexity index is 574. The van der Waals surface area contributed by atoms with Gasteiger partial charge in [-0.3, -0.25) is 0 Å². The van der Waals surface area contributed by atoms with Crippen LogP contribution in [0.15, 0.2) is 36.0 Å². The van der Waals surface area contributed by atoms with Crippen LogP contribution in [-0.2, 0) is 0 Å². The Morgan fingerprint density at radius 2 is 1.91 bits per heavy atom. The van der Waals surface area contributed by atoms with E-state index in [9.17, 15) is 10.2 Å². The molecule has 2 N–H and O–H groups in total. The van der Waals surface area contributed by atoms with Gasteiger partial charge in [0.2, 0.25) is 0 Å². The summed E-state index contributed by atoms with van der Waals surface area (Å²) in [5.74, 6) is 1.74. The third-order valence-electron chi connectivity index (χ3n) is 7.64. The average Bonchev–Trinajstić information content (AvgIpc) is 2.77. The van der Waals surface area contributed by atoms with Gasteiger partial charge < -0.3 is 10.2 Å². The minimum Gasteiger partial charge on any atom is -0.393 e. The van der Waals surface area contributed by atoms with Gasteiger partial charge in [-0.15, -0.1) is 0 Å². The zero-order valence-corrected chi connectivity index (χ0v) is 13.8. The van der Waals surface area contributed by atoms with Gasteiger partial charge in [0, 0.05) is 0 Å². The normalized spacial score (nSPS) is 53.5. The van der Waals surface area contributed by atoms with E-state index in [1.54, 1.807) is 0 Å². The molecule has 0 aliphatic heterocycles. The average molecular weight is 300 g/mol. The zero-order chi connectivity index (χ0) is 15.7. The number of aliphatic hydroxyl groups excluding tert-OH is 2. The Labute approximate surface area is 133 Å². The quantitative estimate of drug-likeness (QED) is 0.717. The van der Waals surface area contributed by atoms with E-state index in [0.717, 1.165) is 37.7 Å². The van der Waals surface area contributed by atoms with Crippen molar-refractivity contribution in [1.82, 2.24) is 0 Å². The highest BCUT2D eigenvalue weighted by atomic mass is 16.3. The molecule has 7 atom stereocenters. The van der Waals surface area contributed by atoms with Gasteiger partial charge in [-0.1, -0.05) is 38.7 Å². The molecule has 0 unspecified atom stereocenters. The number of rotatable bonds is 0. The molecule has 0 spiro atoms. The first kappa shape index (κ1) is 14.7. The molecule has 2 fully saturated rings. The third kappa shape index (κ3) is 1.74. The second-order valence-electron chi connectivity index (χ2n) is 8.60. The van der Waals surface area contributed by atoms with Crippen LogP contribution >= 0.6 is 0 Å². The van der Waals surface area contributed by atoms with E-state index in [2.05, 4.69) is 38.7 Å². The smallest absolute Gasteiger partial charge is 0.0793 e. The molecule has 0 radical (unpaired) electrons. The van der Waals surface area contributed by atoms with E-state index in [-0.39, 0.29) is 16.9 Å². The summed E-state index contributed by atoms with van der Waals surface area (Å²) in [6.45, 7) is 8.64. The molecule has 0 bridgehead atoms. The maximum Gasteiger partial charge on any atom is 0.0793 e. The van der Waals surface area contributed by atoms with Crippen molar-refractivity contribution in [2.45, 2.75) is 58.2 Å². The van der Waals surface area contributed by atoms with Crippen LogP contribution in [0.3, 0.4) is 0 Å². The second kappa shape index (κ2) is 4.58. The van der Waals surface area contributed by atoms with Crippen molar-refractivity contribution in [3.63, 3.8) is 0 Å². The Morgan fingerprint density at radius 3 is 2.68 bits per heavy atom. The summed E-state index contributed by atoms with van der Waals surface area (Å²) in [7, 11) is 0. The molecular formula is C20H28O2. The van der Waals surface area contributed by atoms with Crippen LogP contribution in [0.1, 0.15) is 46.0 Å². The Balaban J connectivity index is 1.75. The van der Waals surface area contributed by atoms with Crippen molar-refractivity contribution in [2.75, 3.05) is 0 Å². The van der Waals surface area contributed by atoms with Crippen molar-refractivity contribution in [3.05, 3.63) is 36.0 Å². The lowest BCUT2D eigenvalue weighted by Gasteiger charge is -2.56. The lowest BCUT2D eigenvalue weighted by atomic mass is 9.49. The van der Waals surface area contributed by atoms with Crippen LogP contribution in [0.4, 0.5) is 0 Å².